The quantitative estimate of drug-likeness (QED) is 0.585. The van der Waals surface area contributed by atoms with Gasteiger partial charge in [-0.05, 0) is 24.7 Å². The molecule has 0 aromatic heterocycles. The molecule has 0 aliphatic carbocycles. The van der Waals surface area contributed by atoms with Crippen LogP contribution in [0.4, 0.5) is 0 Å². The number of amides is 1. The number of rotatable bonds is 3. The van der Waals surface area contributed by atoms with Gasteiger partial charge in [-0.3, -0.25) is 9.79 Å². The van der Waals surface area contributed by atoms with Crippen molar-refractivity contribution >= 4 is 11.9 Å². The molecule has 1 N–H and O–H groups in total. The van der Waals surface area contributed by atoms with Gasteiger partial charge in [-0.2, -0.15) is 0 Å². The van der Waals surface area contributed by atoms with Crippen LogP contribution in [0.25, 0.3) is 0 Å². The number of carbonyl (C=O) groups excluding carboxylic acids is 1. The van der Waals surface area contributed by atoms with E-state index in [9.17, 15) is 4.79 Å². The molecule has 0 saturated carbocycles. The van der Waals surface area contributed by atoms with Gasteiger partial charge in [-0.1, -0.05) is 0 Å². The third-order valence-corrected chi connectivity index (χ3v) is 4.26. The average Bonchev–Trinajstić information content (AvgIpc) is 3.09. The first kappa shape index (κ1) is 15.1. The minimum atomic E-state index is 0.0612. The maximum atomic E-state index is 11.6. The van der Waals surface area contributed by atoms with Crippen LogP contribution in [0.15, 0.2) is 4.99 Å². The van der Waals surface area contributed by atoms with Crippen molar-refractivity contribution in [1.82, 2.24) is 15.1 Å². The molecule has 2 aliphatic heterocycles. The number of nitrogens with one attached hydrogen (secondary N) is 1. The number of aliphatic imine (C=N–C) groups is 1. The zero-order valence-electron chi connectivity index (χ0n) is 12.8. The van der Waals surface area contributed by atoms with Crippen molar-refractivity contribution in [2.45, 2.75) is 12.8 Å². The Labute approximate surface area is 121 Å². The van der Waals surface area contributed by atoms with Gasteiger partial charge in [0.05, 0.1) is 6.54 Å². The smallest absolute Gasteiger partial charge is 0.241 e. The monoisotopic (exact) mass is 282 g/mol. The van der Waals surface area contributed by atoms with Gasteiger partial charge in [-0.25, -0.2) is 0 Å². The van der Waals surface area contributed by atoms with E-state index < -0.39 is 0 Å². The number of likely N-dealkylation sites (N-methyl/N-ethyl adjacent to an activating group) is 1. The SMILES string of the molecule is CN=C(NCC(=O)N(C)C)N1CCC(C2CCOC2)C1. The van der Waals surface area contributed by atoms with Crippen LogP contribution in [-0.2, 0) is 9.53 Å². The van der Waals surface area contributed by atoms with E-state index in [1.807, 2.05) is 0 Å². The highest BCUT2D eigenvalue weighted by molar-refractivity contribution is 5.86. The van der Waals surface area contributed by atoms with Crippen LogP contribution >= 0.6 is 0 Å². The van der Waals surface area contributed by atoms with Gasteiger partial charge in [-0.15, -0.1) is 0 Å². The molecule has 2 heterocycles. The van der Waals surface area contributed by atoms with E-state index in [4.69, 9.17) is 4.74 Å². The summed E-state index contributed by atoms with van der Waals surface area (Å²) >= 11 is 0. The Hall–Kier alpha value is -1.30. The van der Waals surface area contributed by atoms with Crippen molar-refractivity contribution in [3.8, 4) is 0 Å². The fourth-order valence-electron chi connectivity index (χ4n) is 2.93. The van der Waals surface area contributed by atoms with Crippen LogP contribution in [-0.4, -0.2) is 75.7 Å². The van der Waals surface area contributed by atoms with Crippen LogP contribution in [0, 0.1) is 11.8 Å². The summed E-state index contributed by atoms with van der Waals surface area (Å²) in [6, 6.07) is 0. The first-order valence-corrected chi connectivity index (χ1v) is 7.35. The lowest BCUT2D eigenvalue weighted by Crippen LogP contribution is -2.44. The van der Waals surface area contributed by atoms with E-state index in [1.54, 1.807) is 26.0 Å². The number of carbonyl (C=O) groups is 1. The number of nitrogens with zero attached hydrogens (tertiary/aromatic N) is 3. The van der Waals surface area contributed by atoms with Crippen LogP contribution < -0.4 is 5.32 Å². The van der Waals surface area contributed by atoms with Gasteiger partial charge < -0.3 is 19.9 Å². The molecule has 0 spiro atoms. The lowest BCUT2D eigenvalue weighted by molar-refractivity contribution is -0.127. The number of ether oxygens (including phenoxy) is 1. The fourth-order valence-corrected chi connectivity index (χ4v) is 2.93. The highest BCUT2D eigenvalue weighted by atomic mass is 16.5. The van der Waals surface area contributed by atoms with Gasteiger partial charge >= 0.3 is 0 Å². The van der Waals surface area contributed by atoms with Crippen molar-refractivity contribution in [3.05, 3.63) is 0 Å². The number of likely N-dealkylation sites (tertiary alicyclic amines) is 1. The van der Waals surface area contributed by atoms with E-state index in [0.717, 1.165) is 32.3 Å². The maximum absolute atomic E-state index is 11.6. The summed E-state index contributed by atoms with van der Waals surface area (Å²) in [5.41, 5.74) is 0. The lowest BCUT2D eigenvalue weighted by atomic mass is 9.91. The average molecular weight is 282 g/mol. The lowest BCUT2D eigenvalue weighted by Gasteiger charge is -2.23. The molecule has 6 nitrogen and oxygen atoms in total. The second-order valence-corrected chi connectivity index (χ2v) is 5.81. The van der Waals surface area contributed by atoms with Crippen molar-refractivity contribution in [2.75, 3.05) is 54.0 Å². The van der Waals surface area contributed by atoms with Gasteiger partial charge in [0.1, 0.15) is 0 Å². The van der Waals surface area contributed by atoms with E-state index >= 15 is 0 Å². The summed E-state index contributed by atoms with van der Waals surface area (Å²) in [5.74, 6) is 2.29. The molecule has 0 radical (unpaired) electrons. The van der Waals surface area contributed by atoms with E-state index in [0.29, 0.717) is 18.4 Å². The summed E-state index contributed by atoms with van der Waals surface area (Å²) in [6.07, 6.45) is 2.38. The van der Waals surface area contributed by atoms with E-state index in [1.165, 1.54) is 12.8 Å². The van der Waals surface area contributed by atoms with Gasteiger partial charge in [0.2, 0.25) is 5.91 Å². The van der Waals surface area contributed by atoms with Crippen molar-refractivity contribution in [2.24, 2.45) is 16.8 Å². The zero-order valence-corrected chi connectivity index (χ0v) is 12.8. The topological polar surface area (TPSA) is 57.2 Å². The molecule has 2 atom stereocenters. The maximum Gasteiger partial charge on any atom is 0.241 e. The highest BCUT2D eigenvalue weighted by Crippen LogP contribution is 2.29. The third-order valence-electron chi connectivity index (χ3n) is 4.26. The first-order chi connectivity index (χ1) is 9.61. The van der Waals surface area contributed by atoms with Gasteiger partial charge in [0.25, 0.3) is 0 Å². The molecule has 2 rings (SSSR count). The predicted octanol–water partition coefficient (Wildman–Crippen LogP) is 0.00840. The molecule has 2 unspecified atom stereocenters. The third kappa shape index (κ3) is 3.62. The van der Waals surface area contributed by atoms with Crippen LogP contribution in [0.1, 0.15) is 12.8 Å². The van der Waals surface area contributed by atoms with Crippen LogP contribution in [0.2, 0.25) is 0 Å². The minimum Gasteiger partial charge on any atom is -0.381 e. The summed E-state index contributed by atoms with van der Waals surface area (Å²) in [4.78, 5) is 19.8. The molecule has 2 aliphatic rings. The highest BCUT2D eigenvalue weighted by Gasteiger charge is 2.33. The first-order valence-electron chi connectivity index (χ1n) is 7.35. The molecule has 2 fully saturated rings. The molecule has 0 bridgehead atoms. The van der Waals surface area contributed by atoms with Crippen molar-refractivity contribution in [3.63, 3.8) is 0 Å². The van der Waals surface area contributed by atoms with Gasteiger partial charge in [0, 0.05) is 47.4 Å². The predicted molar refractivity (Wildman–Crippen MR) is 78.7 cm³/mol. The summed E-state index contributed by atoms with van der Waals surface area (Å²) in [5, 5.41) is 3.16. The van der Waals surface area contributed by atoms with E-state index in [-0.39, 0.29) is 5.91 Å². The molecule has 0 aromatic carbocycles. The second kappa shape index (κ2) is 6.92. The van der Waals surface area contributed by atoms with Crippen LogP contribution in [0.5, 0.6) is 0 Å². The fraction of sp³-hybridized carbons (Fsp3) is 0.857. The number of guanidine groups is 1. The summed E-state index contributed by atoms with van der Waals surface area (Å²) < 4.78 is 5.48. The summed E-state index contributed by atoms with van der Waals surface area (Å²) in [7, 11) is 5.30. The standard InChI is InChI=1S/C14H26N4O2/c1-15-14(16-8-13(19)17(2)3)18-6-4-11(9-18)12-5-7-20-10-12/h11-12H,4-10H2,1-3H3,(H,15,16). The normalized spacial score (nSPS) is 26.9. The Balaban J connectivity index is 1.82. The Bertz CT molecular complexity index is 364. The molecule has 114 valence electrons. The molecule has 6 heteroatoms. The molecular weight excluding hydrogens is 256 g/mol. The summed E-state index contributed by atoms with van der Waals surface area (Å²) in [6.45, 7) is 4.14. The van der Waals surface area contributed by atoms with Gasteiger partial charge in [0.15, 0.2) is 5.96 Å². The Morgan fingerprint density at radius 2 is 2.20 bits per heavy atom. The minimum absolute atomic E-state index is 0.0612. The molecule has 2 saturated heterocycles. The number of hydrogen-bond acceptors (Lipinski definition) is 3. The molecule has 0 aromatic rings. The number of hydrogen-bond donors (Lipinski definition) is 1. The van der Waals surface area contributed by atoms with Crippen molar-refractivity contribution < 1.29 is 9.53 Å². The Kier molecular flexibility index (Phi) is 5.23. The Morgan fingerprint density at radius 1 is 1.40 bits per heavy atom. The Morgan fingerprint density at radius 3 is 2.80 bits per heavy atom. The second-order valence-electron chi connectivity index (χ2n) is 5.81. The van der Waals surface area contributed by atoms with E-state index in [2.05, 4.69) is 15.2 Å². The molecular formula is C14H26N4O2. The van der Waals surface area contributed by atoms with Crippen molar-refractivity contribution in [1.29, 1.82) is 0 Å². The molecule has 20 heavy (non-hydrogen) atoms. The largest absolute Gasteiger partial charge is 0.381 e. The van der Waals surface area contributed by atoms with Crippen LogP contribution in [0.3, 0.4) is 0 Å². The zero-order chi connectivity index (χ0) is 14.5. The molecule has 1 amide bonds.